The van der Waals surface area contributed by atoms with Gasteiger partial charge in [0.1, 0.15) is 5.65 Å². The Morgan fingerprint density at radius 3 is 2.88 bits per heavy atom. The number of nitrogens with zero attached hydrogens (tertiary/aromatic N) is 2. The molecule has 25 heavy (non-hydrogen) atoms. The third kappa shape index (κ3) is 3.59. The fourth-order valence-corrected chi connectivity index (χ4v) is 5.63. The van der Waals surface area contributed by atoms with Crippen LogP contribution in [0.3, 0.4) is 0 Å². The normalized spacial score (nSPS) is 23.4. The Morgan fingerprint density at radius 2 is 2.12 bits per heavy atom. The van der Waals surface area contributed by atoms with E-state index in [2.05, 4.69) is 16.0 Å². The van der Waals surface area contributed by atoms with E-state index in [1.165, 1.54) is 5.56 Å². The fraction of sp³-hybridized carbons (Fsp3) is 0.611. The van der Waals surface area contributed by atoms with Crippen molar-refractivity contribution in [2.75, 3.05) is 25.4 Å². The second-order valence-corrected chi connectivity index (χ2v) is 9.15. The van der Waals surface area contributed by atoms with Crippen molar-refractivity contribution in [1.82, 2.24) is 14.3 Å². The molecule has 0 bridgehead atoms. The van der Waals surface area contributed by atoms with E-state index in [1.54, 1.807) is 10.5 Å². The summed E-state index contributed by atoms with van der Waals surface area (Å²) < 4.78 is 32.4. The van der Waals surface area contributed by atoms with Crippen LogP contribution in [0.15, 0.2) is 24.5 Å². The number of sulfonamides is 1. The standard InChI is InChI=1S/C18H25N3O3S/c22-25(23,12-7-15-3-2-11-24-15)21-9-5-14(6-10-21)17-13-20-18-16(17)4-1-8-19-18/h1,4,8,13-15H,2-3,5-7,9-12H2,(H,19,20). The number of aromatic nitrogens is 2. The summed E-state index contributed by atoms with van der Waals surface area (Å²) in [7, 11) is -3.17. The summed E-state index contributed by atoms with van der Waals surface area (Å²) in [5.74, 6) is 0.599. The largest absolute Gasteiger partial charge is 0.378 e. The number of rotatable bonds is 5. The molecule has 6 nitrogen and oxygen atoms in total. The van der Waals surface area contributed by atoms with E-state index in [0.29, 0.717) is 25.4 Å². The molecule has 2 aliphatic rings. The fourth-order valence-electron chi connectivity index (χ4n) is 4.04. The van der Waals surface area contributed by atoms with Gasteiger partial charge in [-0.2, -0.15) is 0 Å². The molecule has 0 spiro atoms. The quantitative estimate of drug-likeness (QED) is 0.886. The zero-order valence-electron chi connectivity index (χ0n) is 14.4. The maximum atomic E-state index is 12.6. The van der Waals surface area contributed by atoms with Crippen molar-refractivity contribution in [3.63, 3.8) is 0 Å². The van der Waals surface area contributed by atoms with Gasteiger partial charge in [0.05, 0.1) is 11.9 Å². The summed E-state index contributed by atoms with van der Waals surface area (Å²) in [6, 6.07) is 4.03. The molecule has 2 fully saturated rings. The first-order chi connectivity index (χ1) is 12.1. The second-order valence-electron chi connectivity index (χ2n) is 7.06. The summed E-state index contributed by atoms with van der Waals surface area (Å²) in [5.41, 5.74) is 2.17. The molecule has 0 saturated carbocycles. The molecule has 0 aliphatic carbocycles. The molecular formula is C18H25N3O3S. The maximum absolute atomic E-state index is 12.6. The van der Waals surface area contributed by atoms with Gasteiger partial charge < -0.3 is 9.72 Å². The van der Waals surface area contributed by atoms with Gasteiger partial charge in [-0.05, 0) is 55.7 Å². The molecule has 2 saturated heterocycles. The van der Waals surface area contributed by atoms with Crippen molar-refractivity contribution < 1.29 is 13.2 Å². The summed E-state index contributed by atoms with van der Waals surface area (Å²) >= 11 is 0. The highest BCUT2D eigenvalue weighted by atomic mass is 32.2. The Bertz CT molecular complexity index is 819. The van der Waals surface area contributed by atoms with Crippen LogP contribution in [0.2, 0.25) is 0 Å². The third-order valence-electron chi connectivity index (χ3n) is 5.49. The molecule has 0 radical (unpaired) electrons. The maximum Gasteiger partial charge on any atom is 0.214 e. The van der Waals surface area contributed by atoms with Gasteiger partial charge in [-0.25, -0.2) is 17.7 Å². The lowest BCUT2D eigenvalue weighted by molar-refractivity contribution is 0.108. The first-order valence-corrected chi connectivity index (χ1v) is 10.8. The number of fused-ring (bicyclic) bond motifs is 1. The Morgan fingerprint density at radius 1 is 1.28 bits per heavy atom. The van der Waals surface area contributed by atoms with E-state index in [-0.39, 0.29) is 11.9 Å². The zero-order chi connectivity index (χ0) is 17.3. The number of pyridine rings is 1. The minimum atomic E-state index is -3.17. The monoisotopic (exact) mass is 363 g/mol. The number of hydrogen-bond acceptors (Lipinski definition) is 4. The molecule has 0 amide bonds. The first kappa shape index (κ1) is 17.0. The highest BCUT2D eigenvalue weighted by Gasteiger charge is 2.30. The van der Waals surface area contributed by atoms with Crippen molar-refractivity contribution in [2.24, 2.45) is 0 Å². The zero-order valence-corrected chi connectivity index (χ0v) is 15.2. The van der Waals surface area contributed by atoms with Gasteiger partial charge in [-0.15, -0.1) is 0 Å². The lowest BCUT2D eigenvalue weighted by Gasteiger charge is -2.31. The number of piperidine rings is 1. The highest BCUT2D eigenvalue weighted by Crippen LogP contribution is 2.33. The average molecular weight is 363 g/mol. The van der Waals surface area contributed by atoms with Crippen LogP contribution in [0.5, 0.6) is 0 Å². The van der Waals surface area contributed by atoms with Crippen LogP contribution in [-0.4, -0.2) is 54.2 Å². The van der Waals surface area contributed by atoms with Crippen LogP contribution >= 0.6 is 0 Å². The number of ether oxygens (including phenoxy) is 1. The number of aromatic amines is 1. The Hall–Kier alpha value is -1.44. The highest BCUT2D eigenvalue weighted by molar-refractivity contribution is 7.89. The molecule has 2 aliphatic heterocycles. The molecule has 2 aromatic rings. The summed E-state index contributed by atoms with van der Waals surface area (Å²) in [5, 5.41) is 1.15. The lowest BCUT2D eigenvalue weighted by Crippen LogP contribution is -2.39. The van der Waals surface area contributed by atoms with E-state index in [4.69, 9.17) is 4.74 Å². The van der Waals surface area contributed by atoms with Gasteiger partial charge in [0.15, 0.2) is 0 Å². The SMILES string of the molecule is O=S(=O)(CCC1CCCO1)N1CCC(c2c[nH]c3ncccc23)CC1. The van der Waals surface area contributed by atoms with Gasteiger partial charge in [0.25, 0.3) is 0 Å². The molecule has 4 rings (SSSR count). The Kier molecular flexibility index (Phi) is 4.80. The Balaban J connectivity index is 1.37. The topological polar surface area (TPSA) is 75.3 Å². The number of hydrogen-bond donors (Lipinski definition) is 1. The van der Waals surface area contributed by atoms with Crippen LogP contribution in [0.25, 0.3) is 11.0 Å². The summed E-state index contributed by atoms with van der Waals surface area (Å²) in [6.07, 6.45) is 8.33. The van der Waals surface area contributed by atoms with Crippen molar-refractivity contribution in [1.29, 1.82) is 0 Å². The number of nitrogens with one attached hydrogen (secondary N) is 1. The smallest absolute Gasteiger partial charge is 0.214 e. The average Bonchev–Trinajstić information content (AvgIpc) is 3.30. The predicted octanol–water partition coefficient (Wildman–Crippen LogP) is 2.64. The first-order valence-electron chi connectivity index (χ1n) is 9.15. The molecule has 2 aromatic heterocycles. The molecule has 1 N–H and O–H groups in total. The van der Waals surface area contributed by atoms with Crippen LogP contribution in [0, 0.1) is 0 Å². The molecule has 4 heterocycles. The number of H-pyrrole nitrogens is 1. The third-order valence-corrected chi connectivity index (χ3v) is 7.40. The van der Waals surface area contributed by atoms with E-state index in [0.717, 1.165) is 43.3 Å². The summed E-state index contributed by atoms with van der Waals surface area (Å²) in [4.78, 5) is 7.56. The second kappa shape index (κ2) is 7.05. The van der Waals surface area contributed by atoms with E-state index < -0.39 is 10.0 Å². The van der Waals surface area contributed by atoms with E-state index >= 15 is 0 Å². The molecule has 1 atom stereocenters. The molecule has 7 heteroatoms. The van der Waals surface area contributed by atoms with Gasteiger partial charge in [-0.1, -0.05) is 0 Å². The van der Waals surface area contributed by atoms with Crippen molar-refractivity contribution in [2.45, 2.75) is 44.1 Å². The van der Waals surface area contributed by atoms with Crippen molar-refractivity contribution >= 4 is 21.1 Å². The minimum Gasteiger partial charge on any atom is -0.378 e. The van der Waals surface area contributed by atoms with Gasteiger partial charge in [0, 0.05) is 37.5 Å². The van der Waals surface area contributed by atoms with Crippen LogP contribution in [-0.2, 0) is 14.8 Å². The van der Waals surface area contributed by atoms with E-state index in [9.17, 15) is 8.42 Å². The van der Waals surface area contributed by atoms with Crippen LogP contribution in [0.1, 0.15) is 43.6 Å². The van der Waals surface area contributed by atoms with Crippen molar-refractivity contribution in [3.8, 4) is 0 Å². The summed E-state index contributed by atoms with van der Waals surface area (Å²) in [6.45, 7) is 1.98. The molecule has 136 valence electrons. The Labute approximate surface area is 148 Å². The lowest BCUT2D eigenvalue weighted by atomic mass is 9.90. The van der Waals surface area contributed by atoms with Gasteiger partial charge in [-0.3, -0.25) is 0 Å². The molecule has 0 aromatic carbocycles. The van der Waals surface area contributed by atoms with Crippen molar-refractivity contribution in [3.05, 3.63) is 30.1 Å². The molecular weight excluding hydrogens is 338 g/mol. The minimum absolute atomic E-state index is 0.131. The van der Waals surface area contributed by atoms with Crippen LogP contribution in [0.4, 0.5) is 0 Å². The van der Waals surface area contributed by atoms with Gasteiger partial charge in [0.2, 0.25) is 10.0 Å². The van der Waals surface area contributed by atoms with E-state index in [1.807, 2.05) is 12.3 Å². The van der Waals surface area contributed by atoms with Crippen LogP contribution < -0.4 is 0 Å². The molecule has 1 unspecified atom stereocenters. The van der Waals surface area contributed by atoms with Gasteiger partial charge >= 0.3 is 0 Å². The predicted molar refractivity (Wildman–Crippen MR) is 97.0 cm³/mol.